The van der Waals surface area contributed by atoms with E-state index >= 15 is 0 Å². The van der Waals surface area contributed by atoms with E-state index in [0.717, 1.165) is 11.8 Å². The summed E-state index contributed by atoms with van der Waals surface area (Å²) in [6.07, 6.45) is 1.05. The second kappa shape index (κ2) is 7.24. The number of hydrogen-bond donors (Lipinski definition) is 2. The fraction of sp³-hybridized carbons (Fsp3) is 0.158. The summed E-state index contributed by atoms with van der Waals surface area (Å²) in [5, 5.41) is 3.18. The molecule has 1 amide bonds. The average Bonchev–Trinajstić information content (AvgIpc) is 2.95. The minimum atomic E-state index is -3.50. The standard InChI is InChI=1S/C19H18N2O5S/c1-12-18(13-7-3-4-8-14(13)20-12)19(23)26-11-17(22)21-15-9-5-6-10-16(15)27(2,24)25/h3-10,20H,11H2,1-2H3,(H,21,22). The van der Waals surface area contributed by atoms with Crippen molar-refractivity contribution in [1.29, 1.82) is 0 Å². The molecule has 0 unspecified atom stereocenters. The third-order valence-electron chi connectivity index (χ3n) is 3.99. The first-order valence-electron chi connectivity index (χ1n) is 8.11. The second-order valence-corrected chi connectivity index (χ2v) is 8.05. The number of H-pyrrole nitrogens is 1. The van der Waals surface area contributed by atoms with Crippen LogP contribution in [0.25, 0.3) is 10.9 Å². The molecule has 1 heterocycles. The highest BCUT2D eigenvalue weighted by Gasteiger charge is 2.19. The van der Waals surface area contributed by atoms with Gasteiger partial charge in [-0.25, -0.2) is 13.2 Å². The number of esters is 1. The van der Waals surface area contributed by atoms with Crippen molar-refractivity contribution >= 4 is 38.3 Å². The van der Waals surface area contributed by atoms with Gasteiger partial charge in [-0.2, -0.15) is 0 Å². The second-order valence-electron chi connectivity index (χ2n) is 6.06. The Morgan fingerprint density at radius 3 is 2.48 bits per heavy atom. The van der Waals surface area contributed by atoms with E-state index in [-0.39, 0.29) is 10.6 Å². The van der Waals surface area contributed by atoms with Gasteiger partial charge in [-0.3, -0.25) is 4.79 Å². The molecule has 27 heavy (non-hydrogen) atoms. The van der Waals surface area contributed by atoms with E-state index < -0.39 is 28.3 Å². The zero-order chi connectivity index (χ0) is 19.6. The van der Waals surface area contributed by atoms with Gasteiger partial charge in [-0.15, -0.1) is 0 Å². The molecule has 0 spiro atoms. The maximum atomic E-state index is 12.4. The summed E-state index contributed by atoms with van der Waals surface area (Å²) >= 11 is 0. The van der Waals surface area contributed by atoms with E-state index in [1.807, 2.05) is 12.1 Å². The molecule has 0 radical (unpaired) electrons. The Morgan fingerprint density at radius 1 is 1.07 bits per heavy atom. The predicted octanol–water partition coefficient (Wildman–Crippen LogP) is 2.68. The lowest BCUT2D eigenvalue weighted by molar-refractivity contribution is -0.119. The topological polar surface area (TPSA) is 105 Å². The number of anilines is 1. The molecule has 3 rings (SSSR count). The quantitative estimate of drug-likeness (QED) is 0.656. The molecule has 3 aromatic rings. The van der Waals surface area contributed by atoms with Gasteiger partial charge in [0.15, 0.2) is 16.4 Å². The molecular weight excluding hydrogens is 368 g/mol. The normalized spacial score (nSPS) is 11.3. The molecule has 2 aromatic carbocycles. The smallest absolute Gasteiger partial charge is 0.341 e. The zero-order valence-corrected chi connectivity index (χ0v) is 15.6. The van der Waals surface area contributed by atoms with Crippen LogP contribution in [0.15, 0.2) is 53.4 Å². The first-order valence-corrected chi connectivity index (χ1v) is 10.00. The largest absolute Gasteiger partial charge is 0.452 e. The summed E-state index contributed by atoms with van der Waals surface area (Å²) in [6.45, 7) is 1.22. The molecule has 0 bridgehead atoms. The third-order valence-corrected chi connectivity index (χ3v) is 5.15. The maximum Gasteiger partial charge on any atom is 0.341 e. The maximum absolute atomic E-state index is 12.4. The van der Waals surface area contributed by atoms with E-state index in [1.165, 1.54) is 12.1 Å². The molecule has 0 aliphatic heterocycles. The first-order chi connectivity index (χ1) is 12.8. The Labute approximate surface area is 156 Å². The zero-order valence-electron chi connectivity index (χ0n) is 14.8. The number of hydrogen-bond acceptors (Lipinski definition) is 5. The molecule has 140 valence electrons. The minimum absolute atomic E-state index is 0.00264. The van der Waals surface area contributed by atoms with E-state index in [2.05, 4.69) is 10.3 Å². The average molecular weight is 386 g/mol. The van der Waals surface area contributed by atoms with Gasteiger partial charge < -0.3 is 15.0 Å². The van der Waals surface area contributed by atoms with Gasteiger partial charge in [0.25, 0.3) is 5.91 Å². The van der Waals surface area contributed by atoms with Gasteiger partial charge in [0.05, 0.1) is 16.1 Å². The molecule has 0 fully saturated rings. The number of ether oxygens (including phenoxy) is 1. The third kappa shape index (κ3) is 4.01. The Hall–Kier alpha value is -3.13. The highest BCUT2D eigenvalue weighted by Crippen LogP contribution is 2.23. The van der Waals surface area contributed by atoms with E-state index in [4.69, 9.17) is 4.74 Å². The molecule has 0 aliphatic carbocycles. The Morgan fingerprint density at radius 2 is 1.74 bits per heavy atom. The molecule has 0 saturated heterocycles. The lowest BCUT2D eigenvalue weighted by atomic mass is 10.1. The number of fused-ring (bicyclic) bond motifs is 1. The number of amides is 1. The van der Waals surface area contributed by atoms with Crippen LogP contribution in [0.5, 0.6) is 0 Å². The summed E-state index contributed by atoms with van der Waals surface area (Å²) in [5.74, 6) is -1.26. The van der Waals surface area contributed by atoms with Crippen molar-refractivity contribution < 1.29 is 22.7 Å². The van der Waals surface area contributed by atoms with Gasteiger partial charge in [0.1, 0.15) is 0 Å². The van der Waals surface area contributed by atoms with Crippen LogP contribution in [0.2, 0.25) is 0 Å². The SMILES string of the molecule is Cc1[nH]c2ccccc2c1C(=O)OCC(=O)Nc1ccccc1S(C)(=O)=O. The van der Waals surface area contributed by atoms with Crippen molar-refractivity contribution in [2.45, 2.75) is 11.8 Å². The molecule has 0 atom stereocenters. The Bertz CT molecular complexity index is 1130. The van der Waals surface area contributed by atoms with Crippen LogP contribution in [-0.4, -0.2) is 38.1 Å². The molecule has 2 N–H and O–H groups in total. The van der Waals surface area contributed by atoms with Crippen LogP contribution in [0, 0.1) is 6.92 Å². The number of aromatic nitrogens is 1. The van der Waals surface area contributed by atoms with Crippen molar-refractivity contribution in [2.75, 3.05) is 18.2 Å². The molecule has 0 saturated carbocycles. The number of para-hydroxylation sites is 2. The van der Waals surface area contributed by atoms with Gasteiger partial charge in [0.2, 0.25) is 0 Å². The van der Waals surface area contributed by atoms with Crippen molar-refractivity contribution in [3.63, 3.8) is 0 Å². The molecule has 8 heteroatoms. The lowest BCUT2D eigenvalue weighted by Gasteiger charge is -2.10. The molecular formula is C19H18N2O5S. The summed E-state index contributed by atoms with van der Waals surface area (Å²) in [4.78, 5) is 27.6. The fourth-order valence-electron chi connectivity index (χ4n) is 2.82. The number of aryl methyl sites for hydroxylation is 1. The summed E-state index contributed by atoms with van der Waals surface area (Å²) in [7, 11) is -3.50. The van der Waals surface area contributed by atoms with Gasteiger partial charge in [-0.1, -0.05) is 30.3 Å². The van der Waals surface area contributed by atoms with Crippen LogP contribution in [0.4, 0.5) is 5.69 Å². The number of carbonyl (C=O) groups excluding carboxylic acids is 2. The summed E-state index contributed by atoms with van der Waals surface area (Å²) in [5.41, 5.74) is 1.96. The predicted molar refractivity (Wildman–Crippen MR) is 101 cm³/mol. The fourth-order valence-corrected chi connectivity index (χ4v) is 3.67. The van der Waals surface area contributed by atoms with Crippen molar-refractivity contribution in [3.05, 3.63) is 59.8 Å². The summed E-state index contributed by atoms with van der Waals surface area (Å²) < 4.78 is 28.7. The van der Waals surface area contributed by atoms with Crippen LogP contribution >= 0.6 is 0 Å². The Kier molecular flexibility index (Phi) is 5.00. The highest BCUT2D eigenvalue weighted by molar-refractivity contribution is 7.90. The monoisotopic (exact) mass is 386 g/mol. The molecule has 7 nitrogen and oxygen atoms in total. The van der Waals surface area contributed by atoms with E-state index in [0.29, 0.717) is 16.6 Å². The first kappa shape index (κ1) is 18.7. The number of rotatable bonds is 5. The Balaban J connectivity index is 1.71. The number of sulfone groups is 1. The van der Waals surface area contributed by atoms with Crippen molar-refractivity contribution in [1.82, 2.24) is 4.98 Å². The number of benzene rings is 2. The number of carbonyl (C=O) groups is 2. The molecule has 1 aromatic heterocycles. The van der Waals surface area contributed by atoms with Crippen LogP contribution in [-0.2, 0) is 19.4 Å². The summed E-state index contributed by atoms with van der Waals surface area (Å²) in [6, 6.07) is 13.3. The van der Waals surface area contributed by atoms with Crippen LogP contribution < -0.4 is 5.32 Å². The van der Waals surface area contributed by atoms with Crippen LogP contribution in [0.1, 0.15) is 16.1 Å². The van der Waals surface area contributed by atoms with Gasteiger partial charge in [-0.05, 0) is 25.1 Å². The van der Waals surface area contributed by atoms with Crippen LogP contribution in [0.3, 0.4) is 0 Å². The van der Waals surface area contributed by atoms with E-state index in [1.54, 1.807) is 31.2 Å². The van der Waals surface area contributed by atoms with Crippen molar-refractivity contribution in [3.8, 4) is 0 Å². The lowest BCUT2D eigenvalue weighted by Crippen LogP contribution is -2.22. The van der Waals surface area contributed by atoms with E-state index in [9.17, 15) is 18.0 Å². The van der Waals surface area contributed by atoms with Gasteiger partial charge >= 0.3 is 5.97 Å². The highest BCUT2D eigenvalue weighted by atomic mass is 32.2. The number of nitrogens with one attached hydrogen (secondary N) is 2. The minimum Gasteiger partial charge on any atom is -0.452 e. The van der Waals surface area contributed by atoms with Crippen molar-refractivity contribution in [2.24, 2.45) is 0 Å². The number of aromatic amines is 1. The van der Waals surface area contributed by atoms with Gasteiger partial charge in [0, 0.05) is 22.9 Å². The molecule has 0 aliphatic rings.